The lowest BCUT2D eigenvalue weighted by molar-refractivity contribution is -0.137. The maximum Gasteiger partial charge on any atom is 0.348 e. The van der Waals surface area contributed by atoms with Gasteiger partial charge in [-0.15, -0.1) is 0 Å². The number of aryl methyl sites for hydroxylation is 3. The standard InChI is InChI=1S/C15H17NO2/c1-5-18-15(17)13(9-16)8-14-11(3)6-10(2)7-12(14)4/h6-8H,5H2,1-4H3/b13-8-. The van der Waals surface area contributed by atoms with E-state index >= 15 is 0 Å². The number of benzene rings is 1. The first-order valence-electron chi connectivity index (χ1n) is 5.86. The fraction of sp³-hybridized carbons (Fsp3) is 0.333. The van der Waals surface area contributed by atoms with E-state index in [1.165, 1.54) is 0 Å². The minimum absolute atomic E-state index is 0.0342. The highest BCUT2D eigenvalue weighted by Crippen LogP contribution is 2.19. The molecule has 0 N–H and O–H groups in total. The van der Waals surface area contributed by atoms with Crippen molar-refractivity contribution in [1.82, 2.24) is 0 Å². The number of hydrogen-bond donors (Lipinski definition) is 0. The molecular formula is C15H17NO2. The average Bonchev–Trinajstić information content (AvgIpc) is 2.28. The van der Waals surface area contributed by atoms with Gasteiger partial charge in [-0.3, -0.25) is 0 Å². The Bertz CT molecular complexity index is 513. The van der Waals surface area contributed by atoms with Crippen molar-refractivity contribution in [2.75, 3.05) is 6.61 Å². The first-order valence-corrected chi connectivity index (χ1v) is 5.86. The molecule has 0 aliphatic heterocycles. The second-order valence-electron chi connectivity index (χ2n) is 4.20. The summed E-state index contributed by atoms with van der Waals surface area (Å²) in [7, 11) is 0. The van der Waals surface area contributed by atoms with E-state index in [0.717, 1.165) is 22.3 Å². The zero-order valence-electron chi connectivity index (χ0n) is 11.2. The molecule has 0 saturated carbocycles. The summed E-state index contributed by atoms with van der Waals surface area (Å²) < 4.78 is 4.84. The van der Waals surface area contributed by atoms with E-state index in [4.69, 9.17) is 10.00 Å². The van der Waals surface area contributed by atoms with Crippen LogP contribution in [-0.2, 0) is 9.53 Å². The number of carbonyl (C=O) groups is 1. The van der Waals surface area contributed by atoms with Gasteiger partial charge in [0.2, 0.25) is 0 Å². The zero-order valence-corrected chi connectivity index (χ0v) is 11.2. The highest BCUT2D eigenvalue weighted by molar-refractivity contribution is 5.98. The molecule has 0 unspecified atom stereocenters. The van der Waals surface area contributed by atoms with Crippen LogP contribution in [0.1, 0.15) is 29.2 Å². The first kappa shape index (κ1) is 14.0. The molecule has 0 heterocycles. The highest BCUT2D eigenvalue weighted by Gasteiger charge is 2.11. The lowest BCUT2D eigenvalue weighted by atomic mass is 9.98. The Morgan fingerprint density at radius 2 is 1.89 bits per heavy atom. The van der Waals surface area contributed by atoms with Crippen LogP contribution >= 0.6 is 0 Å². The molecule has 0 bridgehead atoms. The number of nitrogens with zero attached hydrogens (tertiary/aromatic N) is 1. The quantitative estimate of drug-likeness (QED) is 0.465. The Balaban J connectivity index is 3.23. The molecule has 1 rings (SSSR count). The summed E-state index contributed by atoms with van der Waals surface area (Å²) >= 11 is 0. The summed E-state index contributed by atoms with van der Waals surface area (Å²) in [5, 5.41) is 9.00. The summed E-state index contributed by atoms with van der Waals surface area (Å²) in [4.78, 5) is 11.6. The van der Waals surface area contributed by atoms with Crippen LogP contribution in [0.5, 0.6) is 0 Å². The molecule has 0 atom stereocenters. The Hall–Kier alpha value is -2.08. The average molecular weight is 243 g/mol. The normalized spacial score (nSPS) is 10.9. The Labute approximate surface area is 108 Å². The molecule has 3 nitrogen and oxygen atoms in total. The van der Waals surface area contributed by atoms with Gasteiger partial charge in [0.15, 0.2) is 0 Å². The molecule has 94 valence electrons. The maximum absolute atomic E-state index is 11.6. The molecule has 0 aliphatic carbocycles. The van der Waals surface area contributed by atoms with E-state index in [1.54, 1.807) is 13.0 Å². The summed E-state index contributed by atoms with van der Waals surface area (Å²) in [6.07, 6.45) is 1.60. The van der Waals surface area contributed by atoms with Crippen LogP contribution in [0, 0.1) is 32.1 Å². The number of ether oxygens (including phenoxy) is 1. The van der Waals surface area contributed by atoms with Gasteiger partial charge in [-0.1, -0.05) is 17.7 Å². The van der Waals surface area contributed by atoms with Gasteiger partial charge in [0.25, 0.3) is 0 Å². The van der Waals surface area contributed by atoms with Gasteiger partial charge in [0.05, 0.1) is 6.61 Å². The van der Waals surface area contributed by atoms with E-state index in [9.17, 15) is 4.79 Å². The van der Waals surface area contributed by atoms with Crippen molar-refractivity contribution in [3.63, 3.8) is 0 Å². The number of hydrogen-bond acceptors (Lipinski definition) is 3. The van der Waals surface area contributed by atoms with Gasteiger partial charge in [-0.25, -0.2) is 4.79 Å². The minimum Gasteiger partial charge on any atom is -0.462 e. The van der Waals surface area contributed by atoms with Gasteiger partial charge >= 0.3 is 5.97 Å². The molecule has 0 saturated heterocycles. The van der Waals surface area contributed by atoms with Gasteiger partial charge in [-0.05, 0) is 50.5 Å². The van der Waals surface area contributed by atoms with Crippen LogP contribution in [0.25, 0.3) is 6.08 Å². The van der Waals surface area contributed by atoms with E-state index in [2.05, 4.69) is 0 Å². The van der Waals surface area contributed by atoms with Crippen molar-refractivity contribution in [1.29, 1.82) is 5.26 Å². The molecule has 1 aromatic rings. The molecule has 3 heteroatoms. The third kappa shape index (κ3) is 3.21. The van der Waals surface area contributed by atoms with Crippen LogP contribution in [0.4, 0.5) is 0 Å². The molecule has 1 aromatic carbocycles. The Kier molecular flexibility index (Phi) is 4.67. The largest absolute Gasteiger partial charge is 0.462 e. The molecule has 0 aromatic heterocycles. The zero-order chi connectivity index (χ0) is 13.7. The minimum atomic E-state index is -0.570. The van der Waals surface area contributed by atoms with E-state index < -0.39 is 5.97 Å². The highest BCUT2D eigenvalue weighted by atomic mass is 16.5. The molecule has 0 amide bonds. The number of nitriles is 1. The number of rotatable bonds is 3. The second kappa shape index (κ2) is 6.02. The fourth-order valence-corrected chi connectivity index (χ4v) is 1.91. The van der Waals surface area contributed by atoms with Gasteiger partial charge < -0.3 is 4.74 Å². The van der Waals surface area contributed by atoms with Crippen molar-refractivity contribution >= 4 is 12.0 Å². The van der Waals surface area contributed by atoms with Gasteiger partial charge in [0.1, 0.15) is 11.6 Å². The van der Waals surface area contributed by atoms with Crippen LogP contribution in [-0.4, -0.2) is 12.6 Å². The third-order valence-corrected chi connectivity index (χ3v) is 2.64. The molecule has 0 fully saturated rings. The molecule has 18 heavy (non-hydrogen) atoms. The monoisotopic (exact) mass is 243 g/mol. The predicted molar refractivity (Wildman–Crippen MR) is 70.9 cm³/mol. The van der Waals surface area contributed by atoms with E-state index in [1.807, 2.05) is 39.0 Å². The smallest absolute Gasteiger partial charge is 0.348 e. The van der Waals surface area contributed by atoms with Crippen molar-refractivity contribution in [2.45, 2.75) is 27.7 Å². The summed E-state index contributed by atoms with van der Waals surface area (Å²) in [5.74, 6) is -0.570. The molecule has 0 aliphatic rings. The van der Waals surface area contributed by atoms with Crippen molar-refractivity contribution in [2.24, 2.45) is 0 Å². The number of carbonyl (C=O) groups excluding carboxylic acids is 1. The topological polar surface area (TPSA) is 50.1 Å². The lowest BCUT2D eigenvalue weighted by Crippen LogP contribution is -2.06. The van der Waals surface area contributed by atoms with Gasteiger partial charge in [-0.2, -0.15) is 5.26 Å². The first-order chi connectivity index (χ1) is 8.49. The molecular weight excluding hydrogens is 226 g/mol. The molecule has 0 radical (unpaired) electrons. The van der Waals surface area contributed by atoms with Gasteiger partial charge in [0, 0.05) is 0 Å². The van der Waals surface area contributed by atoms with Crippen LogP contribution in [0.15, 0.2) is 17.7 Å². The van der Waals surface area contributed by atoms with E-state index in [0.29, 0.717) is 0 Å². The van der Waals surface area contributed by atoms with Crippen molar-refractivity contribution in [3.8, 4) is 6.07 Å². The summed E-state index contributed by atoms with van der Waals surface area (Å²) in [6.45, 7) is 7.93. The maximum atomic E-state index is 11.6. The Morgan fingerprint density at radius 3 is 2.33 bits per heavy atom. The number of esters is 1. The van der Waals surface area contributed by atoms with Crippen LogP contribution in [0.3, 0.4) is 0 Å². The SMILES string of the molecule is CCOC(=O)/C(C#N)=C\c1c(C)cc(C)cc1C. The summed E-state index contributed by atoms with van der Waals surface area (Å²) in [6, 6.07) is 5.94. The van der Waals surface area contributed by atoms with Crippen LogP contribution in [0.2, 0.25) is 0 Å². The van der Waals surface area contributed by atoms with Crippen LogP contribution < -0.4 is 0 Å². The Morgan fingerprint density at radius 1 is 1.33 bits per heavy atom. The third-order valence-electron chi connectivity index (χ3n) is 2.64. The van der Waals surface area contributed by atoms with Crippen molar-refractivity contribution < 1.29 is 9.53 Å². The molecule has 0 spiro atoms. The fourth-order valence-electron chi connectivity index (χ4n) is 1.91. The van der Waals surface area contributed by atoms with Crippen molar-refractivity contribution in [3.05, 3.63) is 40.0 Å². The second-order valence-corrected chi connectivity index (χ2v) is 4.20. The summed E-state index contributed by atoms with van der Waals surface area (Å²) in [5.41, 5.74) is 4.20. The van der Waals surface area contributed by atoms with E-state index in [-0.39, 0.29) is 12.2 Å². The predicted octanol–water partition coefficient (Wildman–Crippen LogP) is 3.08. The lowest BCUT2D eigenvalue weighted by Gasteiger charge is -2.08.